The van der Waals surface area contributed by atoms with E-state index in [-0.39, 0.29) is 22.8 Å². The average molecular weight is 319 g/mol. The molecule has 2 aromatic rings. The molecule has 0 unspecified atom stereocenters. The predicted molar refractivity (Wildman–Crippen MR) is 78.9 cm³/mol. The highest BCUT2D eigenvalue weighted by atomic mass is 35.5. The first-order valence-corrected chi connectivity index (χ1v) is 6.84. The molecule has 3 N–H and O–H groups in total. The Morgan fingerprint density at radius 2 is 1.95 bits per heavy atom. The van der Waals surface area contributed by atoms with Crippen LogP contribution in [-0.2, 0) is 6.54 Å². The van der Waals surface area contributed by atoms with Gasteiger partial charge in [0.15, 0.2) is 0 Å². The molecule has 1 aromatic heterocycles. The summed E-state index contributed by atoms with van der Waals surface area (Å²) in [5, 5.41) is 2.69. The van der Waals surface area contributed by atoms with Crippen molar-refractivity contribution in [1.29, 1.82) is 0 Å². The third-order valence-corrected chi connectivity index (χ3v) is 3.86. The van der Waals surface area contributed by atoms with Crippen LogP contribution in [0.4, 0.5) is 14.5 Å². The van der Waals surface area contributed by atoms with Gasteiger partial charge in [0.2, 0.25) is 0 Å². The smallest absolute Gasteiger partial charge is 0.150 e. The number of nitrogens with one attached hydrogen (secondary N) is 1. The van der Waals surface area contributed by atoms with Crippen LogP contribution in [0.3, 0.4) is 0 Å². The zero-order valence-electron chi connectivity index (χ0n) is 9.54. The number of benzene rings is 1. The summed E-state index contributed by atoms with van der Waals surface area (Å²) in [6.07, 6.45) is 0. The molecule has 0 saturated heterocycles. The minimum Gasteiger partial charge on any atom is -0.389 e. The molecular formula is C12H9ClF2N2S2. The van der Waals surface area contributed by atoms with Crippen LogP contribution in [0.25, 0.3) is 0 Å². The van der Waals surface area contributed by atoms with Crippen molar-refractivity contribution in [3.8, 4) is 0 Å². The zero-order chi connectivity index (χ0) is 14.0. The number of halogens is 3. The van der Waals surface area contributed by atoms with Crippen LogP contribution in [0.15, 0.2) is 24.3 Å². The molecule has 0 saturated carbocycles. The fourth-order valence-electron chi connectivity index (χ4n) is 1.51. The third kappa shape index (κ3) is 3.40. The summed E-state index contributed by atoms with van der Waals surface area (Å²) in [5.74, 6) is -1.46. The van der Waals surface area contributed by atoms with Gasteiger partial charge in [-0.1, -0.05) is 23.8 Å². The van der Waals surface area contributed by atoms with Gasteiger partial charge in [-0.15, -0.1) is 11.3 Å². The number of rotatable bonds is 4. The Bertz CT molecular complexity index is 605. The lowest BCUT2D eigenvalue weighted by Crippen LogP contribution is -2.12. The van der Waals surface area contributed by atoms with Gasteiger partial charge in [-0.25, -0.2) is 8.78 Å². The number of nitrogens with two attached hydrogens (primary N) is 1. The van der Waals surface area contributed by atoms with Crippen molar-refractivity contribution in [2.45, 2.75) is 6.54 Å². The first-order chi connectivity index (χ1) is 8.97. The van der Waals surface area contributed by atoms with E-state index in [4.69, 9.17) is 17.3 Å². The second-order valence-electron chi connectivity index (χ2n) is 3.74. The van der Waals surface area contributed by atoms with Gasteiger partial charge in [-0.05, 0) is 24.3 Å². The molecule has 0 amide bonds. The van der Waals surface area contributed by atoms with E-state index >= 15 is 0 Å². The molecule has 19 heavy (non-hydrogen) atoms. The Kier molecular flexibility index (Phi) is 4.34. The van der Waals surface area contributed by atoms with Gasteiger partial charge in [-0.2, -0.15) is 0 Å². The fraction of sp³-hybridized carbons (Fsp3) is 0.0833. The van der Waals surface area contributed by atoms with Crippen LogP contribution in [0.1, 0.15) is 10.4 Å². The maximum atomic E-state index is 13.7. The topological polar surface area (TPSA) is 38.0 Å². The highest BCUT2D eigenvalue weighted by Crippen LogP contribution is 2.25. The second kappa shape index (κ2) is 5.81. The fourth-order valence-corrected chi connectivity index (χ4v) is 2.65. The number of hydrogen-bond donors (Lipinski definition) is 2. The van der Waals surface area contributed by atoms with Gasteiger partial charge in [-0.3, -0.25) is 0 Å². The molecule has 0 bridgehead atoms. The molecule has 100 valence electrons. The summed E-state index contributed by atoms with van der Waals surface area (Å²) in [7, 11) is 0. The van der Waals surface area contributed by atoms with Crippen molar-refractivity contribution in [1.82, 2.24) is 0 Å². The summed E-state index contributed by atoms with van der Waals surface area (Å²) in [4.78, 5) is 0.830. The van der Waals surface area contributed by atoms with Gasteiger partial charge in [0.25, 0.3) is 0 Å². The largest absolute Gasteiger partial charge is 0.389 e. The molecule has 0 fully saturated rings. The van der Waals surface area contributed by atoms with Crippen molar-refractivity contribution in [2.24, 2.45) is 5.73 Å². The number of thiophene rings is 1. The summed E-state index contributed by atoms with van der Waals surface area (Å²) >= 11 is 11.8. The van der Waals surface area contributed by atoms with Gasteiger partial charge in [0.05, 0.1) is 4.34 Å². The van der Waals surface area contributed by atoms with Crippen molar-refractivity contribution in [3.63, 3.8) is 0 Å². The minimum absolute atomic E-state index is 0.0469. The lowest BCUT2D eigenvalue weighted by molar-refractivity contribution is 0.587. The third-order valence-electron chi connectivity index (χ3n) is 2.39. The van der Waals surface area contributed by atoms with Gasteiger partial charge in [0, 0.05) is 17.0 Å². The van der Waals surface area contributed by atoms with E-state index in [9.17, 15) is 8.78 Å². The van der Waals surface area contributed by atoms with E-state index in [1.807, 2.05) is 0 Å². The predicted octanol–water partition coefficient (Wildman–Crippen LogP) is 3.93. The zero-order valence-corrected chi connectivity index (χ0v) is 11.9. The number of hydrogen-bond acceptors (Lipinski definition) is 3. The molecule has 0 aliphatic carbocycles. The molecule has 0 spiro atoms. The molecular weight excluding hydrogens is 310 g/mol. The Labute approximate surface area is 123 Å². The average Bonchev–Trinajstić information content (AvgIpc) is 2.73. The Hall–Kier alpha value is -1.24. The van der Waals surface area contributed by atoms with Crippen molar-refractivity contribution < 1.29 is 8.78 Å². The molecule has 0 aliphatic rings. The summed E-state index contributed by atoms with van der Waals surface area (Å²) in [5.41, 5.74) is 5.29. The summed E-state index contributed by atoms with van der Waals surface area (Å²) < 4.78 is 28.1. The molecule has 0 aliphatic heterocycles. The van der Waals surface area contributed by atoms with E-state index in [0.29, 0.717) is 4.34 Å². The summed E-state index contributed by atoms with van der Waals surface area (Å²) in [6, 6.07) is 5.73. The standard InChI is InChI=1S/C12H9ClF2N2S2/c13-10-2-1-7(19-10)5-17-11-8(14)3-6(12(16)18)4-9(11)15/h1-4,17H,5H2,(H2,16,18). The molecule has 2 nitrogen and oxygen atoms in total. The van der Waals surface area contributed by atoms with Gasteiger partial charge >= 0.3 is 0 Å². The van der Waals surface area contributed by atoms with Crippen LogP contribution in [0.5, 0.6) is 0 Å². The number of thiocarbonyl (C=S) groups is 1. The van der Waals surface area contributed by atoms with Crippen LogP contribution >= 0.6 is 35.2 Å². The van der Waals surface area contributed by atoms with Crippen LogP contribution in [0, 0.1) is 11.6 Å². The van der Waals surface area contributed by atoms with Crippen LogP contribution in [-0.4, -0.2) is 4.99 Å². The van der Waals surface area contributed by atoms with Crippen molar-refractivity contribution in [2.75, 3.05) is 5.32 Å². The lowest BCUT2D eigenvalue weighted by Gasteiger charge is -2.09. The SMILES string of the molecule is NC(=S)c1cc(F)c(NCc2ccc(Cl)s2)c(F)c1. The van der Waals surface area contributed by atoms with Gasteiger partial charge in [0.1, 0.15) is 22.3 Å². The normalized spacial score (nSPS) is 10.5. The van der Waals surface area contributed by atoms with Crippen LogP contribution in [0.2, 0.25) is 4.34 Å². The first kappa shape index (κ1) is 14.2. The molecule has 1 aromatic carbocycles. The van der Waals surface area contributed by atoms with Crippen LogP contribution < -0.4 is 11.1 Å². The minimum atomic E-state index is -0.731. The van der Waals surface area contributed by atoms with Crippen molar-refractivity contribution in [3.05, 3.63) is 50.7 Å². The molecule has 0 atom stereocenters. The number of anilines is 1. The second-order valence-corrected chi connectivity index (χ2v) is 5.98. The molecule has 0 radical (unpaired) electrons. The van der Waals surface area contributed by atoms with E-state index in [1.165, 1.54) is 11.3 Å². The Morgan fingerprint density at radius 3 is 2.42 bits per heavy atom. The van der Waals surface area contributed by atoms with E-state index in [2.05, 4.69) is 17.5 Å². The lowest BCUT2D eigenvalue weighted by atomic mass is 10.2. The van der Waals surface area contributed by atoms with E-state index in [0.717, 1.165) is 17.0 Å². The Morgan fingerprint density at radius 1 is 1.32 bits per heavy atom. The highest BCUT2D eigenvalue weighted by molar-refractivity contribution is 7.80. The maximum Gasteiger partial charge on any atom is 0.150 e. The maximum absolute atomic E-state index is 13.7. The highest BCUT2D eigenvalue weighted by Gasteiger charge is 2.12. The first-order valence-electron chi connectivity index (χ1n) is 5.24. The van der Waals surface area contributed by atoms with Gasteiger partial charge < -0.3 is 11.1 Å². The molecule has 7 heteroatoms. The summed E-state index contributed by atoms with van der Waals surface area (Å²) in [6.45, 7) is 0.289. The van der Waals surface area contributed by atoms with E-state index in [1.54, 1.807) is 12.1 Å². The molecule has 2 rings (SSSR count). The molecule has 1 heterocycles. The Balaban J connectivity index is 2.18. The quantitative estimate of drug-likeness (QED) is 0.839. The van der Waals surface area contributed by atoms with E-state index < -0.39 is 11.6 Å². The van der Waals surface area contributed by atoms with Crippen molar-refractivity contribution >= 4 is 45.8 Å². The monoisotopic (exact) mass is 318 g/mol.